The number of nitrogen functional groups attached to an aromatic ring is 1. The molecule has 0 saturated carbocycles. The molecule has 2 nitrogen and oxygen atoms in total. The lowest BCUT2D eigenvalue weighted by Crippen LogP contribution is -2.19. The molecule has 0 heterocycles. The van der Waals surface area contributed by atoms with E-state index in [4.69, 9.17) is 5.73 Å². The van der Waals surface area contributed by atoms with Crippen molar-refractivity contribution in [2.24, 2.45) is 0 Å². The molecular formula is C8H7F3NO. The Labute approximate surface area is 73.1 Å². The summed E-state index contributed by atoms with van der Waals surface area (Å²) >= 11 is 0. The van der Waals surface area contributed by atoms with Crippen molar-refractivity contribution in [3.8, 4) is 5.75 Å². The summed E-state index contributed by atoms with van der Waals surface area (Å²) in [5.74, 6) is -0.00248. The zero-order valence-corrected chi connectivity index (χ0v) is 6.56. The number of rotatable bonds is 2. The Hall–Kier alpha value is -1.39. The molecule has 1 radical (unpaired) electrons. The molecule has 0 unspecified atom stereocenters. The van der Waals surface area contributed by atoms with Crippen LogP contribution in [0.1, 0.15) is 0 Å². The van der Waals surface area contributed by atoms with Gasteiger partial charge in [0.2, 0.25) is 0 Å². The molecule has 1 rings (SSSR count). The van der Waals surface area contributed by atoms with E-state index in [1.807, 2.05) is 0 Å². The van der Waals surface area contributed by atoms with E-state index in [0.29, 0.717) is 5.69 Å². The lowest BCUT2D eigenvalue weighted by molar-refractivity contribution is -0.153. The van der Waals surface area contributed by atoms with Gasteiger partial charge < -0.3 is 10.5 Å². The molecule has 0 aromatic heterocycles. The molecule has 0 fully saturated rings. The Balaban J connectivity index is 2.55. The third-order valence-corrected chi connectivity index (χ3v) is 1.19. The van der Waals surface area contributed by atoms with Gasteiger partial charge in [-0.05, 0) is 12.1 Å². The highest BCUT2D eigenvalue weighted by Gasteiger charge is 2.28. The van der Waals surface area contributed by atoms with Crippen LogP contribution in [0, 0.1) is 6.07 Å². The monoisotopic (exact) mass is 190 g/mol. The van der Waals surface area contributed by atoms with Gasteiger partial charge in [-0.15, -0.1) is 0 Å². The maximum atomic E-state index is 11.7. The van der Waals surface area contributed by atoms with E-state index in [1.54, 1.807) is 0 Å². The van der Waals surface area contributed by atoms with Gasteiger partial charge in [-0.3, -0.25) is 0 Å². The second kappa shape index (κ2) is 3.55. The van der Waals surface area contributed by atoms with Crippen LogP contribution in [0.25, 0.3) is 0 Å². The maximum Gasteiger partial charge on any atom is 0.422 e. The molecule has 1 aromatic rings. The molecule has 0 aliphatic carbocycles. The van der Waals surface area contributed by atoms with E-state index in [2.05, 4.69) is 10.8 Å². The van der Waals surface area contributed by atoms with Gasteiger partial charge in [0.15, 0.2) is 6.61 Å². The van der Waals surface area contributed by atoms with Gasteiger partial charge in [0.25, 0.3) is 0 Å². The van der Waals surface area contributed by atoms with Crippen LogP contribution < -0.4 is 10.5 Å². The highest BCUT2D eigenvalue weighted by Crippen LogP contribution is 2.19. The molecule has 0 spiro atoms. The lowest BCUT2D eigenvalue weighted by Gasteiger charge is -2.08. The zero-order valence-electron chi connectivity index (χ0n) is 6.56. The highest BCUT2D eigenvalue weighted by atomic mass is 19.4. The van der Waals surface area contributed by atoms with Crippen LogP contribution in [0.5, 0.6) is 5.75 Å². The molecule has 1 aromatic carbocycles. The van der Waals surface area contributed by atoms with Crippen LogP contribution in [-0.2, 0) is 0 Å². The quantitative estimate of drug-likeness (QED) is 0.724. The molecule has 2 N–H and O–H groups in total. The van der Waals surface area contributed by atoms with Gasteiger partial charge in [0.05, 0.1) is 0 Å². The highest BCUT2D eigenvalue weighted by molar-refractivity contribution is 5.42. The predicted molar refractivity (Wildman–Crippen MR) is 41.2 cm³/mol. The van der Waals surface area contributed by atoms with Crippen molar-refractivity contribution in [2.45, 2.75) is 6.18 Å². The third kappa shape index (κ3) is 3.68. The number of benzene rings is 1. The Morgan fingerprint density at radius 3 is 2.69 bits per heavy atom. The van der Waals surface area contributed by atoms with Gasteiger partial charge in [0.1, 0.15) is 5.75 Å². The molecule has 71 valence electrons. The van der Waals surface area contributed by atoms with Crippen molar-refractivity contribution < 1.29 is 17.9 Å². The number of hydrogen-bond donors (Lipinski definition) is 1. The fraction of sp³-hybridized carbons (Fsp3) is 0.250. The Bertz CT molecular complexity index is 285. The lowest BCUT2D eigenvalue weighted by atomic mass is 10.3. The van der Waals surface area contributed by atoms with E-state index in [0.717, 1.165) is 0 Å². The minimum absolute atomic E-state index is 0.00248. The van der Waals surface area contributed by atoms with Crippen LogP contribution in [0.4, 0.5) is 18.9 Å². The maximum absolute atomic E-state index is 11.7. The normalized spacial score (nSPS) is 11.3. The summed E-state index contributed by atoms with van der Waals surface area (Å²) in [5, 5.41) is 0. The van der Waals surface area contributed by atoms with Crippen LogP contribution >= 0.6 is 0 Å². The van der Waals surface area contributed by atoms with Gasteiger partial charge in [-0.1, -0.05) is 0 Å². The zero-order chi connectivity index (χ0) is 9.90. The number of hydrogen-bond acceptors (Lipinski definition) is 2. The summed E-state index contributed by atoms with van der Waals surface area (Å²) in [7, 11) is 0. The van der Waals surface area contributed by atoms with Crippen molar-refractivity contribution in [2.75, 3.05) is 12.3 Å². The van der Waals surface area contributed by atoms with Crippen LogP contribution in [0.2, 0.25) is 0 Å². The minimum Gasteiger partial charge on any atom is -0.483 e. The average Bonchev–Trinajstić information content (AvgIpc) is 2.00. The predicted octanol–water partition coefficient (Wildman–Crippen LogP) is 2.01. The van der Waals surface area contributed by atoms with Crippen molar-refractivity contribution in [3.63, 3.8) is 0 Å². The molecule has 0 aliphatic heterocycles. The van der Waals surface area contributed by atoms with Gasteiger partial charge in [-0.25, -0.2) is 0 Å². The van der Waals surface area contributed by atoms with E-state index < -0.39 is 12.8 Å². The molecule has 13 heavy (non-hydrogen) atoms. The smallest absolute Gasteiger partial charge is 0.422 e. The number of anilines is 1. The molecule has 0 aliphatic rings. The van der Waals surface area contributed by atoms with E-state index in [1.165, 1.54) is 18.2 Å². The Kier molecular flexibility index (Phi) is 2.65. The average molecular weight is 190 g/mol. The second-order valence-corrected chi connectivity index (χ2v) is 2.39. The van der Waals surface area contributed by atoms with Crippen LogP contribution in [-0.4, -0.2) is 12.8 Å². The van der Waals surface area contributed by atoms with E-state index >= 15 is 0 Å². The molecule has 5 heteroatoms. The molecular weight excluding hydrogens is 183 g/mol. The van der Waals surface area contributed by atoms with Crippen LogP contribution in [0.3, 0.4) is 0 Å². The first kappa shape index (κ1) is 9.70. The number of nitrogens with two attached hydrogens (primary N) is 1. The summed E-state index contributed by atoms with van der Waals surface area (Å²) in [5.41, 5.74) is 5.66. The number of alkyl halides is 3. The standard InChI is InChI=1S/C8H7F3NO/c9-8(10,11)5-13-7-3-1-2-6(12)4-7/h1-2,4H,5,12H2. The topological polar surface area (TPSA) is 35.2 Å². The van der Waals surface area contributed by atoms with Gasteiger partial charge >= 0.3 is 6.18 Å². The van der Waals surface area contributed by atoms with Gasteiger partial charge in [0, 0.05) is 17.8 Å². The summed E-state index contributed by atoms with van der Waals surface area (Å²) < 4.78 is 39.4. The summed E-state index contributed by atoms with van der Waals surface area (Å²) in [6, 6.07) is 6.68. The SMILES string of the molecule is Nc1cc[c]c(OCC(F)(F)F)c1. The molecule has 0 amide bonds. The van der Waals surface area contributed by atoms with Crippen molar-refractivity contribution in [1.29, 1.82) is 0 Å². The van der Waals surface area contributed by atoms with Crippen molar-refractivity contribution in [1.82, 2.24) is 0 Å². The van der Waals surface area contributed by atoms with Crippen LogP contribution in [0.15, 0.2) is 18.2 Å². The molecule has 0 saturated heterocycles. The summed E-state index contributed by atoms with van der Waals surface area (Å²) in [6.45, 7) is -1.33. The fourth-order valence-electron chi connectivity index (χ4n) is 0.704. The largest absolute Gasteiger partial charge is 0.483 e. The van der Waals surface area contributed by atoms with E-state index in [-0.39, 0.29) is 5.75 Å². The van der Waals surface area contributed by atoms with Crippen molar-refractivity contribution >= 4 is 5.69 Å². The first-order valence-electron chi connectivity index (χ1n) is 3.44. The molecule has 0 bridgehead atoms. The van der Waals surface area contributed by atoms with E-state index in [9.17, 15) is 13.2 Å². The third-order valence-electron chi connectivity index (χ3n) is 1.19. The molecule has 0 atom stereocenters. The fourth-order valence-corrected chi connectivity index (χ4v) is 0.704. The first-order chi connectivity index (χ1) is 5.97. The van der Waals surface area contributed by atoms with Gasteiger partial charge in [-0.2, -0.15) is 13.2 Å². The Morgan fingerprint density at radius 1 is 1.46 bits per heavy atom. The number of ether oxygens (including phenoxy) is 1. The van der Waals surface area contributed by atoms with Crippen molar-refractivity contribution in [3.05, 3.63) is 24.3 Å². The number of halogens is 3. The summed E-state index contributed by atoms with van der Waals surface area (Å²) in [4.78, 5) is 0. The second-order valence-electron chi connectivity index (χ2n) is 2.39. The minimum atomic E-state index is -4.33. The Morgan fingerprint density at radius 2 is 2.15 bits per heavy atom. The first-order valence-corrected chi connectivity index (χ1v) is 3.44. The summed E-state index contributed by atoms with van der Waals surface area (Å²) in [6.07, 6.45) is -4.33.